The van der Waals surface area contributed by atoms with Crippen LogP contribution in [0.2, 0.25) is 0 Å². The lowest BCUT2D eigenvalue weighted by molar-refractivity contribution is 0.517. The summed E-state index contributed by atoms with van der Waals surface area (Å²) in [6, 6.07) is 6.40. The number of rotatable bonds is 3. The van der Waals surface area contributed by atoms with Crippen molar-refractivity contribution in [3.63, 3.8) is 0 Å². The van der Waals surface area contributed by atoms with Gasteiger partial charge < -0.3 is 0 Å². The fraction of sp³-hybridized carbons (Fsp3) is 0.333. The van der Waals surface area contributed by atoms with Crippen LogP contribution in [-0.2, 0) is 9.84 Å². The third kappa shape index (κ3) is 2.52. The van der Waals surface area contributed by atoms with Gasteiger partial charge >= 0.3 is 0 Å². The lowest BCUT2D eigenvalue weighted by Gasteiger charge is -2.01. The summed E-state index contributed by atoms with van der Waals surface area (Å²) in [5.74, 6) is -0.434. The number of hydrogen-bond donors (Lipinski definition) is 0. The first-order chi connectivity index (χ1) is 6.06. The Morgan fingerprint density at radius 3 is 2.23 bits per heavy atom. The van der Waals surface area contributed by atoms with Crippen LogP contribution >= 0.6 is 0 Å². The maximum absolute atomic E-state index is 11.9. The van der Waals surface area contributed by atoms with E-state index in [0.717, 1.165) is 5.56 Å². The van der Waals surface area contributed by atoms with E-state index in [2.05, 4.69) is 0 Å². The monoisotopic (exact) mass is 202 g/mol. The highest BCUT2D eigenvalue weighted by Crippen LogP contribution is 2.11. The van der Waals surface area contributed by atoms with Crippen LogP contribution in [0, 0.1) is 6.92 Å². The molecule has 13 heavy (non-hydrogen) atoms. The Balaban J connectivity index is 3.02. The van der Waals surface area contributed by atoms with Crippen molar-refractivity contribution in [1.29, 1.82) is 0 Å². The molecule has 0 aliphatic heterocycles. The van der Waals surface area contributed by atoms with Crippen LogP contribution in [0.15, 0.2) is 29.2 Å². The molecule has 0 heterocycles. The van der Waals surface area contributed by atoms with Crippen molar-refractivity contribution >= 4 is 9.84 Å². The second-order valence-electron chi connectivity index (χ2n) is 2.82. The first-order valence-electron chi connectivity index (χ1n) is 3.91. The van der Waals surface area contributed by atoms with Gasteiger partial charge in [-0.1, -0.05) is 17.7 Å². The zero-order chi connectivity index (χ0) is 9.90. The van der Waals surface area contributed by atoms with Crippen LogP contribution in [0.3, 0.4) is 0 Å². The van der Waals surface area contributed by atoms with Crippen molar-refractivity contribution in [3.8, 4) is 0 Å². The Hall–Kier alpha value is -0.900. The molecule has 0 saturated carbocycles. The molecule has 0 unspecified atom stereocenters. The third-order valence-corrected chi connectivity index (χ3v) is 3.41. The average molecular weight is 202 g/mol. The highest BCUT2D eigenvalue weighted by atomic mass is 32.2. The Labute approximate surface area is 77.3 Å². The van der Waals surface area contributed by atoms with Gasteiger partial charge in [-0.25, -0.2) is 12.8 Å². The van der Waals surface area contributed by atoms with Gasteiger partial charge in [-0.05, 0) is 19.1 Å². The second-order valence-corrected chi connectivity index (χ2v) is 4.93. The maximum atomic E-state index is 11.9. The van der Waals surface area contributed by atoms with Crippen LogP contribution in [-0.4, -0.2) is 20.8 Å². The minimum Gasteiger partial charge on any atom is -0.250 e. The number of benzene rings is 1. The van der Waals surface area contributed by atoms with E-state index in [0.29, 0.717) is 0 Å². The van der Waals surface area contributed by atoms with Gasteiger partial charge in [-0.2, -0.15) is 0 Å². The first-order valence-corrected chi connectivity index (χ1v) is 5.57. The molecule has 0 aliphatic carbocycles. The van der Waals surface area contributed by atoms with Crippen LogP contribution < -0.4 is 0 Å². The first kappa shape index (κ1) is 10.2. The second kappa shape index (κ2) is 3.87. The summed E-state index contributed by atoms with van der Waals surface area (Å²) in [5, 5.41) is 0. The Bertz CT molecular complexity index is 367. The Kier molecular flexibility index (Phi) is 3.03. The molecule has 0 amide bonds. The van der Waals surface area contributed by atoms with E-state index in [1.54, 1.807) is 12.1 Å². The zero-order valence-corrected chi connectivity index (χ0v) is 8.14. The standard InChI is InChI=1S/C9H11FO2S/c1-8-2-4-9(5-3-8)13(11,12)7-6-10/h2-5H,6-7H2,1H3. The lowest BCUT2D eigenvalue weighted by Crippen LogP contribution is -2.07. The van der Waals surface area contributed by atoms with Gasteiger partial charge in [-0.15, -0.1) is 0 Å². The quantitative estimate of drug-likeness (QED) is 0.748. The number of sulfone groups is 1. The van der Waals surface area contributed by atoms with Crippen molar-refractivity contribution in [1.82, 2.24) is 0 Å². The fourth-order valence-corrected chi connectivity index (χ4v) is 1.95. The van der Waals surface area contributed by atoms with Crippen molar-refractivity contribution in [3.05, 3.63) is 29.8 Å². The molecule has 0 aromatic heterocycles. The summed E-state index contributed by atoms with van der Waals surface area (Å²) in [5.41, 5.74) is 0.985. The van der Waals surface area contributed by atoms with Gasteiger partial charge in [0.1, 0.15) is 6.67 Å². The van der Waals surface area contributed by atoms with E-state index in [1.807, 2.05) is 6.92 Å². The third-order valence-electron chi connectivity index (χ3n) is 1.73. The van der Waals surface area contributed by atoms with E-state index >= 15 is 0 Å². The number of alkyl halides is 1. The SMILES string of the molecule is Cc1ccc(S(=O)(=O)CCF)cc1. The molecule has 1 aromatic rings. The van der Waals surface area contributed by atoms with Crippen molar-refractivity contribution in [2.45, 2.75) is 11.8 Å². The van der Waals surface area contributed by atoms with Crippen molar-refractivity contribution < 1.29 is 12.8 Å². The molecular weight excluding hydrogens is 191 g/mol. The molecule has 1 aromatic carbocycles. The van der Waals surface area contributed by atoms with Gasteiger partial charge in [0.15, 0.2) is 9.84 Å². The summed E-state index contributed by atoms with van der Waals surface area (Å²) in [6.45, 7) is 1.03. The minimum absolute atomic E-state index is 0.191. The van der Waals surface area contributed by atoms with Crippen LogP contribution in [0.5, 0.6) is 0 Å². The van der Waals surface area contributed by atoms with E-state index in [9.17, 15) is 12.8 Å². The molecule has 4 heteroatoms. The molecule has 0 N–H and O–H groups in total. The van der Waals surface area contributed by atoms with Crippen molar-refractivity contribution in [2.24, 2.45) is 0 Å². The number of hydrogen-bond acceptors (Lipinski definition) is 2. The van der Waals surface area contributed by atoms with Crippen molar-refractivity contribution in [2.75, 3.05) is 12.4 Å². The smallest absolute Gasteiger partial charge is 0.180 e. The van der Waals surface area contributed by atoms with Crippen LogP contribution in [0.4, 0.5) is 4.39 Å². The summed E-state index contributed by atoms with van der Waals surface area (Å²) in [4.78, 5) is 0.191. The van der Waals surface area contributed by atoms with Crippen LogP contribution in [0.1, 0.15) is 5.56 Å². The van der Waals surface area contributed by atoms with Gasteiger partial charge in [0.2, 0.25) is 0 Å². The molecule has 2 nitrogen and oxygen atoms in total. The number of aryl methyl sites for hydroxylation is 1. The molecular formula is C9H11FO2S. The molecule has 72 valence electrons. The molecule has 0 bridgehead atoms. The Morgan fingerprint density at radius 1 is 1.23 bits per heavy atom. The van der Waals surface area contributed by atoms with Gasteiger partial charge in [0.25, 0.3) is 0 Å². The highest BCUT2D eigenvalue weighted by Gasteiger charge is 2.12. The molecule has 1 rings (SSSR count). The summed E-state index contributed by atoms with van der Waals surface area (Å²) >= 11 is 0. The van der Waals surface area contributed by atoms with Crippen LogP contribution in [0.25, 0.3) is 0 Å². The molecule has 0 spiro atoms. The summed E-state index contributed by atoms with van der Waals surface area (Å²) in [6.07, 6.45) is 0. The molecule has 0 radical (unpaired) electrons. The summed E-state index contributed by atoms with van der Waals surface area (Å²) < 4.78 is 34.5. The predicted molar refractivity (Wildman–Crippen MR) is 49.2 cm³/mol. The Morgan fingerprint density at radius 2 is 1.77 bits per heavy atom. The topological polar surface area (TPSA) is 34.1 Å². The molecule has 0 atom stereocenters. The van der Waals surface area contributed by atoms with Gasteiger partial charge in [0.05, 0.1) is 10.6 Å². The molecule has 0 saturated heterocycles. The predicted octanol–water partition coefficient (Wildman–Crippen LogP) is 1.74. The molecule has 0 aliphatic rings. The molecule has 0 fully saturated rings. The average Bonchev–Trinajstić information content (AvgIpc) is 2.05. The van der Waals surface area contributed by atoms with E-state index in [1.165, 1.54) is 12.1 Å². The lowest BCUT2D eigenvalue weighted by atomic mass is 10.2. The number of halogens is 1. The van der Waals surface area contributed by atoms with E-state index < -0.39 is 22.3 Å². The maximum Gasteiger partial charge on any atom is 0.180 e. The summed E-state index contributed by atoms with van der Waals surface area (Å²) in [7, 11) is -3.40. The highest BCUT2D eigenvalue weighted by molar-refractivity contribution is 7.91. The normalized spacial score (nSPS) is 11.5. The fourth-order valence-electron chi connectivity index (χ4n) is 0.965. The van der Waals surface area contributed by atoms with E-state index in [4.69, 9.17) is 0 Å². The van der Waals surface area contributed by atoms with Gasteiger partial charge in [-0.3, -0.25) is 0 Å². The largest absolute Gasteiger partial charge is 0.250 e. The van der Waals surface area contributed by atoms with Gasteiger partial charge in [0, 0.05) is 0 Å². The van der Waals surface area contributed by atoms with E-state index in [-0.39, 0.29) is 4.90 Å². The zero-order valence-electron chi connectivity index (χ0n) is 7.33. The minimum atomic E-state index is -3.40.